The first-order chi connectivity index (χ1) is 14.0. The van der Waals surface area contributed by atoms with Gasteiger partial charge in [-0.05, 0) is 31.6 Å². The largest absolute Gasteiger partial charge is 0.347 e. The topological polar surface area (TPSA) is 71.4 Å². The Labute approximate surface area is 168 Å². The Bertz CT molecular complexity index is 1140. The molecule has 1 aromatic heterocycles. The molecule has 1 unspecified atom stereocenters. The summed E-state index contributed by atoms with van der Waals surface area (Å²) in [7, 11) is 0. The second-order valence-electron chi connectivity index (χ2n) is 6.97. The van der Waals surface area contributed by atoms with Gasteiger partial charge in [-0.15, -0.1) is 0 Å². The number of nitrogens with zero attached hydrogens (tertiary/aromatic N) is 2. The molecule has 3 aromatic rings. The number of imide groups is 2. The summed E-state index contributed by atoms with van der Waals surface area (Å²) < 4.78 is 2.06. The van der Waals surface area contributed by atoms with E-state index in [2.05, 4.69) is 9.88 Å². The molecule has 2 aromatic carbocycles. The number of amides is 4. The van der Waals surface area contributed by atoms with Crippen LogP contribution in [0.1, 0.15) is 31.0 Å². The zero-order valence-corrected chi connectivity index (χ0v) is 16.3. The van der Waals surface area contributed by atoms with Gasteiger partial charge >= 0.3 is 6.03 Å². The summed E-state index contributed by atoms with van der Waals surface area (Å²) in [6.45, 7) is 4.56. The third-order valence-corrected chi connectivity index (χ3v) is 5.26. The molecule has 4 amide bonds. The predicted octanol–water partition coefficient (Wildman–Crippen LogP) is 3.88. The summed E-state index contributed by atoms with van der Waals surface area (Å²) >= 11 is 0. The number of fused-ring (bicyclic) bond motifs is 1. The van der Waals surface area contributed by atoms with Gasteiger partial charge in [0.25, 0.3) is 11.8 Å². The second kappa shape index (κ2) is 7.39. The molecule has 1 aliphatic heterocycles. The molecular formula is C23H21N3O3. The Balaban J connectivity index is 1.77. The van der Waals surface area contributed by atoms with Gasteiger partial charge < -0.3 is 4.57 Å². The molecule has 1 atom stereocenters. The van der Waals surface area contributed by atoms with Crippen LogP contribution in [0.4, 0.5) is 4.79 Å². The highest BCUT2D eigenvalue weighted by Crippen LogP contribution is 2.28. The van der Waals surface area contributed by atoms with Crippen LogP contribution in [0, 0.1) is 0 Å². The van der Waals surface area contributed by atoms with Gasteiger partial charge in [-0.25, -0.2) is 4.79 Å². The van der Waals surface area contributed by atoms with Crippen LogP contribution < -0.4 is 5.32 Å². The number of hydrogen-bond acceptors (Lipinski definition) is 3. The third-order valence-electron chi connectivity index (χ3n) is 5.26. The Hall–Kier alpha value is -3.67. The van der Waals surface area contributed by atoms with E-state index in [9.17, 15) is 14.4 Å². The molecule has 0 bridgehead atoms. The number of hydrogen-bond donors (Lipinski definition) is 1. The van der Waals surface area contributed by atoms with E-state index in [1.807, 2.05) is 67.7 Å². The van der Waals surface area contributed by atoms with Gasteiger partial charge in [0.2, 0.25) is 0 Å². The fraction of sp³-hybridized carbons (Fsp3) is 0.174. The van der Waals surface area contributed by atoms with Crippen molar-refractivity contribution < 1.29 is 14.4 Å². The average Bonchev–Trinajstić information content (AvgIpc) is 3.09. The molecule has 0 spiro atoms. The van der Waals surface area contributed by atoms with Crippen molar-refractivity contribution in [3.05, 3.63) is 77.5 Å². The van der Waals surface area contributed by atoms with Gasteiger partial charge in [0.1, 0.15) is 5.57 Å². The van der Waals surface area contributed by atoms with Crippen molar-refractivity contribution in [2.45, 2.75) is 26.4 Å². The first-order valence-corrected chi connectivity index (χ1v) is 9.54. The number of carbonyl (C=O) groups excluding carboxylic acids is 3. The van der Waals surface area contributed by atoms with Gasteiger partial charge in [0.05, 0.1) is 6.04 Å². The van der Waals surface area contributed by atoms with Gasteiger partial charge in [0, 0.05) is 29.2 Å². The van der Waals surface area contributed by atoms with Crippen molar-refractivity contribution in [1.82, 2.24) is 14.8 Å². The minimum atomic E-state index is -0.704. The Morgan fingerprint density at radius 3 is 2.41 bits per heavy atom. The molecule has 1 aliphatic rings. The van der Waals surface area contributed by atoms with E-state index < -0.39 is 23.9 Å². The molecule has 6 nitrogen and oxygen atoms in total. The van der Waals surface area contributed by atoms with Gasteiger partial charge in [-0.1, -0.05) is 48.5 Å². The molecule has 1 saturated heterocycles. The zero-order chi connectivity index (χ0) is 20.5. The molecule has 1 N–H and O–H groups in total. The fourth-order valence-corrected chi connectivity index (χ4v) is 3.71. The second-order valence-corrected chi connectivity index (χ2v) is 6.97. The SMILES string of the molecule is CCn1cc(/C=C2/C(=O)NC(=O)N(C(C)c3ccccc3)C2=O)c2ccccc21. The lowest BCUT2D eigenvalue weighted by Gasteiger charge is -2.31. The van der Waals surface area contributed by atoms with E-state index in [1.165, 1.54) is 0 Å². The molecule has 0 saturated carbocycles. The standard InChI is InChI=1S/C23H21N3O3/c1-3-25-14-17(18-11-7-8-12-20(18)25)13-19-21(27)24-23(29)26(22(19)28)15(2)16-9-5-4-6-10-16/h4-15H,3H2,1-2H3,(H,24,27,29)/b19-13-. The Morgan fingerprint density at radius 1 is 1.00 bits per heavy atom. The highest BCUT2D eigenvalue weighted by Gasteiger charge is 2.39. The molecule has 0 radical (unpaired) electrons. The van der Waals surface area contributed by atoms with E-state index in [1.54, 1.807) is 13.0 Å². The molecule has 1 fully saturated rings. The number of carbonyl (C=O) groups is 3. The Morgan fingerprint density at radius 2 is 1.69 bits per heavy atom. The zero-order valence-electron chi connectivity index (χ0n) is 16.3. The molecule has 146 valence electrons. The van der Waals surface area contributed by atoms with Crippen LogP contribution in [0.3, 0.4) is 0 Å². The summed E-state index contributed by atoms with van der Waals surface area (Å²) in [5, 5.41) is 3.25. The van der Waals surface area contributed by atoms with Crippen molar-refractivity contribution >= 4 is 34.8 Å². The lowest BCUT2D eigenvalue weighted by Crippen LogP contribution is -2.54. The van der Waals surface area contributed by atoms with Crippen LogP contribution in [0.15, 0.2) is 66.4 Å². The highest BCUT2D eigenvalue weighted by atomic mass is 16.2. The molecule has 2 heterocycles. The van der Waals surface area contributed by atoms with Crippen molar-refractivity contribution in [3.63, 3.8) is 0 Å². The first kappa shape index (κ1) is 18.7. The summed E-state index contributed by atoms with van der Waals surface area (Å²) in [5.74, 6) is -1.27. The van der Waals surface area contributed by atoms with Crippen LogP contribution in [0.5, 0.6) is 0 Å². The number of barbiturate groups is 1. The lowest BCUT2D eigenvalue weighted by atomic mass is 10.0. The fourth-order valence-electron chi connectivity index (χ4n) is 3.71. The molecule has 6 heteroatoms. The minimum Gasteiger partial charge on any atom is -0.347 e. The summed E-state index contributed by atoms with van der Waals surface area (Å²) in [6, 6.07) is 15.9. The number of rotatable bonds is 4. The van der Waals surface area contributed by atoms with E-state index in [4.69, 9.17) is 0 Å². The first-order valence-electron chi connectivity index (χ1n) is 9.54. The maximum Gasteiger partial charge on any atom is 0.331 e. The molecule has 29 heavy (non-hydrogen) atoms. The van der Waals surface area contributed by atoms with Gasteiger partial charge in [0.15, 0.2) is 0 Å². The van der Waals surface area contributed by atoms with Crippen LogP contribution in [-0.2, 0) is 16.1 Å². The summed E-state index contributed by atoms with van der Waals surface area (Å²) in [5.41, 5.74) is 2.55. The smallest absolute Gasteiger partial charge is 0.331 e. The van der Waals surface area contributed by atoms with E-state index >= 15 is 0 Å². The van der Waals surface area contributed by atoms with E-state index in [0.717, 1.165) is 33.5 Å². The number of urea groups is 1. The molecule has 0 aliphatic carbocycles. The van der Waals surface area contributed by atoms with Gasteiger partial charge in [-0.2, -0.15) is 0 Å². The predicted molar refractivity (Wildman–Crippen MR) is 111 cm³/mol. The maximum atomic E-state index is 13.1. The van der Waals surface area contributed by atoms with Crippen LogP contribution >= 0.6 is 0 Å². The number of benzene rings is 2. The van der Waals surface area contributed by atoms with Crippen molar-refractivity contribution in [1.29, 1.82) is 0 Å². The number of aryl methyl sites for hydroxylation is 1. The molecular weight excluding hydrogens is 366 g/mol. The third kappa shape index (κ3) is 3.23. The quantitative estimate of drug-likeness (QED) is 0.545. The average molecular weight is 387 g/mol. The summed E-state index contributed by atoms with van der Waals surface area (Å²) in [4.78, 5) is 39.2. The monoisotopic (exact) mass is 387 g/mol. The number of aromatic nitrogens is 1. The van der Waals surface area contributed by atoms with Crippen LogP contribution in [0.25, 0.3) is 17.0 Å². The highest BCUT2D eigenvalue weighted by molar-refractivity contribution is 6.31. The minimum absolute atomic E-state index is 0.0496. The van der Waals surface area contributed by atoms with Crippen molar-refractivity contribution in [3.8, 4) is 0 Å². The number of nitrogens with one attached hydrogen (secondary N) is 1. The molecule has 4 rings (SSSR count). The van der Waals surface area contributed by atoms with E-state index in [0.29, 0.717) is 0 Å². The Kier molecular flexibility index (Phi) is 4.76. The van der Waals surface area contributed by atoms with Crippen molar-refractivity contribution in [2.75, 3.05) is 0 Å². The van der Waals surface area contributed by atoms with Crippen LogP contribution in [-0.4, -0.2) is 27.3 Å². The number of para-hydroxylation sites is 1. The van der Waals surface area contributed by atoms with E-state index in [-0.39, 0.29) is 5.57 Å². The normalized spacial score (nSPS) is 17.1. The van der Waals surface area contributed by atoms with Crippen molar-refractivity contribution in [2.24, 2.45) is 0 Å². The van der Waals surface area contributed by atoms with Crippen LogP contribution in [0.2, 0.25) is 0 Å². The summed E-state index contributed by atoms with van der Waals surface area (Å²) in [6.07, 6.45) is 3.49. The maximum absolute atomic E-state index is 13.1. The lowest BCUT2D eigenvalue weighted by molar-refractivity contribution is -0.131. The van der Waals surface area contributed by atoms with Gasteiger partial charge in [-0.3, -0.25) is 19.8 Å².